The zero-order valence-electron chi connectivity index (χ0n) is 13.2. The Bertz CT molecular complexity index is 660. The van der Waals surface area contributed by atoms with Crippen molar-refractivity contribution < 1.29 is 9.21 Å². The van der Waals surface area contributed by atoms with Gasteiger partial charge in [-0.25, -0.2) is 0 Å². The second-order valence-corrected chi connectivity index (χ2v) is 6.36. The molecule has 1 aromatic carbocycles. The van der Waals surface area contributed by atoms with Crippen molar-refractivity contribution in [3.05, 3.63) is 58.5 Å². The van der Waals surface area contributed by atoms with Gasteiger partial charge in [-0.3, -0.25) is 9.69 Å². The van der Waals surface area contributed by atoms with E-state index in [9.17, 15) is 4.79 Å². The fraction of sp³-hybridized carbons (Fsp3) is 0.389. The van der Waals surface area contributed by atoms with Crippen LogP contribution in [0.3, 0.4) is 0 Å². The average Bonchev–Trinajstić information content (AvgIpc) is 3.20. The topological polar surface area (TPSA) is 45.5 Å². The molecule has 0 saturated carbocycles. The summed E-state index contributed by atoms with van der Waals surface area (Å²) in [5.74, 6) is 1.73. The van der Waals surface area contributed by atoms with Crippen LogP contribution in [0.5, 0.6) is 0 Å². The van der Waals surface area contributed by atoms with E-state index < -0.39 is 0 Å². The van der Waals surface area contributed by atoms with Gasteiger partial charge in [-0.2, -0.15) is 0 Å². The number of aryl methyl sites for hydroxylation is 1. The Morgan fingerprint density at radius 1 is 1.22 bits per heavy atom. The van der Waals surface area contributed by atoms with E-state index in [1.165, 1.54) is 12.8 Å². The molecule has 4 nitrogen and oxygen atoms in total. The highest BCUT2D eigenvalue weighted by atomic mass is 35.5. The van der Waals surface area contributed by atoms with E-state index in [-0.39, 0.29) is 11.9 Å². The number of rotatable bonds is 5. The highest BCUT2D eigenvalue weighted by Crippen LogP contribution is 2.26. The van der Waals surface area contributed by atoms with Crippen molar-refractivity contribution in [3.8, 4) is 0 Å². The summed E-state index contributed by atoms with van der Waals surface area (Å²) in [6.45, 7) is 4.56. The largest absolute Gasteiger partial charge is 0.465 e. The molecule has 1 saturated heterocycles. The first-order valence-corrected chi connectivity index (χ1v) is 8.35. The van der Waals surface area contributed by atoms with Gasteiger partial charge in [0.2, 0.25) is 0 Å². The first kappa shape index (κ1) is 16.1. The van der Waals surface area contributed by atoms with Crippen LogP contribution in [0, 0.1) is 6.92 Å². The Kier molecular flexibility index (Phi) is 5.03. The fourth-order valence-corrected chi connectivity index (χ4v) is 3.11. The summed E-state index contributed by atoms with van der Waals surface area (Å²) in [5, 5.41) is 3.65. The van der Waals surface area contributed by atoms with Crippen molar-refractivity contribution in [3.63, 3.8) is 0 Å². The number of hydrogen-bond acceptors (Lipinski definition) is 3. The number of carbonyl (C=O) groups is 1. The quantitative estimate of drug-likeness (QED) is 0.905. The minimum absolute atomic E-state index is 0.0856. The van der Waals surface area contributed by atoms with Gasteiger partial charge in [0.1, 0.15) is 11.5 Å². The summed E-state index contributed by atoms with van der Waals surface area (Å²) >= 11 is 5.86. The van der Waals surface area contributed by atoms with E-state index in [2.05, 4.69) is 10.2 Å². The highest BCUT2D eigenvalue weighted by Gasteiger charge is 2.26. The number of hydrogen-bond donors (Lipinski definition) is 1. The molecule has 1 aromatic heterocycles. The second-order valence-electron chi connectivity index (χ2n) is 5.92. The molecule has 0 unspecified atom stereocenters. The van der Waals surface area contributed by atoms with Crippen molar-refractivity contribution in [2.45, 2.75) is 25.8 Å². The Morgan fingerprint density at radius 3 is 2.52 bits per heavy atom. The molecule has 122 valence electrons. The molecule has 1 aliphatic rings. The van der Waals surface area contributed by atoms with Crippen LogP contribution in [-0.4, -0.2) is 30.4 Å². The minimum Gasteiger partial charge on any atom is -0.465 e. The predicted molar refractivity (Wildman–Crippen MR) is 90.8 cm³/mol. The molecule has 23 heavy (non-hydrogen) atoms. The number of carbonyl (C=O) groups excluding carboxylic acids is 1. The molecule has 3 rings (SSSR count). The highest BCUT2D eigenvalue weighted by molar-refractivity contribution is 6.30. The molecule has 0 spiro atoms. The summed E-state index contributed by atoms with van der Waals surface area (Å²) in [6, 6.07) is 11.0. The Hall–Kier alpha value is -1.78. The van der Waals surface area contributed by atoms with E-state index >= 15 is 0 Å². The molecule has 1 amide bonds. The maximum atomic E-state index is 12.3. The van der Waals surface area contributed by atoms with Gasteiger partial charge >= 0.3 is 0 Å². The van der Waals surface area contributed by atoms with E-state index in [1.54, 1.807) is 24.3 Å². The number of amides is 1. The maximum Gasteiger partial charge on any atom is 0.251 e. The van der Waals surface area contributed by atoms with Crippen LogP contribution in [0.4, 0.5) is 0 Å². The first-order valence-electron chi connectivity index (χ1n) is 7.97. The summed E-state index contributed by atoms with van der Waals surface area (Å²) in [4.78, 5) is 14.7. The average molecular weight is 333 g/mol. The molecule has 1 atom stereocenters. The van der Waals surface area contributed by atoms with Gasteiger partial charge in [-0.1, -0.05) is 11.6 Å². The first-order chi connectivity index (χ1) is 11.1. The molecule has 2 aromatic rings. The molecule has 1 fully saturated rings. The Balaban J connectivity index is 1.68. The van der Waals surface area contributed by atoms with Gasteiger partial charge in [0.05, 0.1) is 6.04 Å². The molecule has 0 bridgehead atoms. The van der Waals surface area contributed by atoms with E-state index in [0.29, 0.717) is 17.1 Å². The lowest BCUT2D eigenvalue weighted by molar-refractivity contribution is 0.0933. The molecule has 0 aliphatic carbocycles. The third-order valence-corrected chi connectivity index (χ3v) is 4.49. The number of nitrogens with one attached hydrogen (secondary N) is 1. The van der Waals surface area contributed by atoms with E-state index in [1.807, 2.05) is 19.1 Å². The zero-order valence-corrected chi connectivity index (χ0v) is 14.0. The third kappa shape index (κ3) is 3.95. The summed E-state index contributed by atoms with van der Waals surface area (Å²) in [7, 11) is 0. The third-order valence-electron chi connectivity index (χ3n) is 4.23. The van der Waals surface area contributed by atoms with Crippen LogP contribution in [-0.2, 0) is 0 Å². The molecular formula is C18H21ClN2O2. The lowest BCUT2D eigenvalue weighted by Gasteiger charge is -2.26. The van der Waals surface area contributed by atoms with Crippen LogP contribution in [0.25, 0.3) is 0 Å². The van der Waals surface area contributed by atoms with Crippen molar-refractivity contribution in [2.24, 2.45) is 0 Å². The molecule has 1 N–H and O–H groups in total. The predicted octanol–water partition coefficient (Wildman–Crippen LogP) is 3.81. The van der Waals surface area contributed by atoms with Gasteiger partial charge in [0.25, 0.3) is 5.91 Å². The number of likely N-dealkylation sites (tertiary alicyclic amines) is 1. The monoisotopic (exact) mass is 332 g/mol. The molecule has 5 heteroatoms. The van der Waals surface area contributed by atoms with Crippen molar-refractivity contribution in [2.75, 3.05) is 19.6 Å². The normalized spacial score (nSPS) is 16.4. The number of furan rings is 1. The van der Waals surface area contributed by atoms with Crippen molar-refractivity contribution in [1.82, 2.24) is 10.2 Å². The lowest BCUT2D eigenvalue weighted by Crippen LogP contribution is -2.36. The Labute approximate surface area is 141 Å². The second kappa shape index (κ2) is 7.20. The van der Waals surface area contributed by atoms with Crippen LogP contribution >= 0.6 is 11.6 Å². The zero-order chi connectivity index (χ0) is 16.2. The maximum absolute atomic E-state index is 12.3. The van der Waals surface area contributed by atoms with Crippen LogP contribution in [0.2, 0.25) is 5.02 Å². The van der Waals surface area contributed by atoms with Crippen molar-refractivity contribution in [1.29, 1.82) is 0 Å². The number of nitrogens with zero attached hydrogens (tertiary/aromatic N) is 1. The molecular weight excluding hydrogens is 312 g/mol. The smallest absolute Gasteiger partial charge is 0.251 e. The summed E-state index contributed by atoms with van der Waals surface area (Å²) in [5.41, 5.74) is 0.616. The van der Waals surface area contributed by atoms with Gasteiger partial charge in [0, 0.05) is 17.1 Å². The van der Waals surface area contributed by atoms with E-state index in [4.69, 9.17) is 16.0 Å². The van der Waals surface area contributed by atoms with E-state index in [0.717, 1.165) is 24.6 Å². The fourth-order valence-electron chi connectivity index (χ4n) is 2.99. The molecule has 2 heterocycles. The van der Waals surface area contributed by atoms with Gasteiger partial charge in [0.15, 0.2) is 0 Å². The number of halogens is 1. The summed E-state index contributed by atoms with van der Waals surface area (Å²) in [6.07, 6.45) is 2.39. The standard InChI is InChI=1S/C18H21ClN2O2/c1-13-4-9-17(23-13)16(21-10-2-3-11-21)12-20-18(22)14-5-7-15(19)8-6-14/h4-9,16H,2-3,10-12H2,1H3,(H,20,22)/t16-/m1/s1. The lowest BCUT2D eigenvalue weighted by atomic mass is 10.1. The number of benzene rings is 1. The van der Waals surface area contributed by atoms with Crippen LogP contribution in [0.15, 0.2) is 40.8 Å². The van der Waals surface area contributed by atoms with Crippen LogP contribution in [0.1, 0.15) is 40.8 Å². The summed E-state index contributed by atoms with van der Waals surface area (Å²) < 4.78 is 5.80. The molecule has 1 aliphatic heterocycles. The van der Waals surface area contributed by atoms with Crippen LogP contribution < -0.4 is 5.32 Å². The molecule has 0 radical (unpaired) electrons. The Morgan fingerprint density at radius 2 is 1.91 bits per heavy atom. The van der Waals surface area contributed by atoms with Crippen molar-refractivity contribution >= 4 is 17.5 Å². The SMILES string of the molecule is Cc1ccc([C@@H](CNC(=O)c2ccc(Cl)cc2)N2CCCC2)o1. The van der Waals surface area contributed by atoms with Gasteiger partial charge in [-0.05, 0) is 69.3 Å². The van der Waals surface area contributed by atoms with Gasteiger partial charge in [-0.15, -0.1) is 0 Å². The minimum atomic E-state index is -0.0888. The van der Waals surface area contributed by atoms with Gasteiger partial charge < -0.3 is 9.73 Å².